The molecule has 88 valence electrons. The minimum atomic E-state index is -0.946. The smallest absolute Gasteiger partial charge is 0.335 e. The van der Waals surface area contributed by atoms with Crippen LogP contribution >= 0.6 is 0 Å². The molecule has 0 aliphatic heterocycles. The van der Waals surface area contributed by atoms with Gasteiger partial charge in [-0.25, -0.2) is 4.79 Å². The van der Waals surface area contributed by atoms with E-state index in [-0.39, 0.29) is 5.56 Å². The summed E-state index contributed by atoms with van der Waals surface area (Å²) in [5.74, 6) is -0.946. The molecule has 2 heterocycles. The number of benzene rings is 1. The van der Waals surface area contributed by atoms with Gasteiger partial charge in [-0.05, 0) is 18.2 Å². The third kappa shape index (κ3) is 1.64. The molecule has 3 aromatic rings. The van der Waals surface area contributed by atoms with Gasteiger partial charge < -0.3 is 10.1 Å². The Balaban J connectivity index is 2.20. The molecule has 0 radical (unpaired) electrons. The standard InChI is InChI=1S/C14H10N2O2/c17-14(18)9-5-6-15-13(7-9)11-8-16-12-4-2-1-3-10(11)12/h1-8,16H,(H,17,18). The maximum atomic E-state index is 11.0. The van der Waals surface area contributed by atoms with Crippen LogP contribution in [0.25, 0.3) is 22.2 Å². The lowest BCUT2D eigenvalue weighted by molar-refractivity contribution is 0.0697. The van der Waals surface area contributed by atoms with Gasteiger partial charge in [0.2, 0.25) is 0 Å². The van der Waals surface area contributed by atoms with Crippen molar-refractivity contribution in [2.24, 2.45) is 0 Å². The average molecular weight is 238 g/mol. The van der Waals surface area contributed by atoms with Gasteiger partial charge in [0.25, 0.3) is 0 Å². The van der Waals surface area contributed by atoms with Gasteiger partial charge in [-0.15, -0.1) is 0 Å². The Bertz CT molecular complexity index is 731. The van der Waals surface area contributed by atoms with Gasteiger partial charge in [0.1, 0.15) is 0 Å². The van der Waals surface area contributed by atoms with Crippen LogP contribution in [0.1, 0.15) is 10.4 Å². The molecule has 0 saturated carbocycles. The summed E-state index contributed by atoms with van der Waals surface area (Å²) in [7, 11) is 0. The zero-order valence-corrected chi connectivity index (χ0v) is 9.42. The first kappa shape index (κ1) is 10.5. The Morgan fingerprint density at radius 2 is 2.06 bits per heavy atom. The molecule has 18 heavy (non-hydrogen) atoms. The zero-order valence-electron chi connectivity index (χ0n) is 9.42. The fourth-order valence-electron chi connectivity index (χ4n) is 1.99. The predicted molar refractivity (Wildman–Crippen MR) is 68.5 cm³/mol. The van der Waals surface area contributed by atoms with Crippen LogP contribution in [0.4, 0.5) is 0 Å². The molecule has 0 atom stereocenters. The number of pyridine rings is 1. The van der Waals surface area contributed by atoms with E-state index in [1.165, 1.54) is 12.3 Å². The highest BCUT2D eigenvalue weighted by Crippen LogP contribution is 2.27. The molecule has 0 aliphatic rings. The van der Waals surface area contributed by atoms with Crippen LogP contribution < -0.4 is 0 Å². The molecule has 1 aromatic carbocycles. The summed E-state index contributed by atoms with van der Waals surface area (Å²) >= 11 is 0. The first-order chi connectivity index (χ1) is 8.75. The number of nitrogens with one attached hydrogen (secondary N) is 1. The largest absolute Gasteiger partial charge is 0.478 e. The van der Waals surface area contributed by atoms with E-state index in [1.54, 1.807) is 6.07 Å². The summed E-state index contributed by atoms with van der Waals surface area (Å²) in [5, 5.41) is 10.0. The molecular weight excluding hydrogens is 228 g/mol. The van der Waals surface area contributed by atoms with Gasteiger partial charge in [0, 0.05) is 28.9 Å². The Hall–Kier alpha value is -2.62. The zero-order chi connectivity index (χ0) is 12.5. The highest BCUT2D eigenvalue weighted by molar-refractivity contribution is 5.96. The predicted octanol–water partition coefficient (Wildman–Crippen LogP) is 2.93. The Morgan fingerprint density at radius 3 is 2.89 bits per heavy atom. The third-order valence-corrected chi connectivity index (χ3v) is 2.87. The van der Waals surface area contributed by atoms with E-state index >= 15 is 0 Å². The van der Waals surface area contributed by atoms with Crippen molar-refractivity contribution in [3.8, 4) is 11.3 Å². The topological polar surface area (TPSA) is 66.0 Å². The number of aromatic carboxylic acids is 1. The van der Waals surface area contributed by atoms with Crippen molar-refractivity contribution in [3.05, 3.63) is 54.4 Å². The van der Waals surface area contributed by atoms with Gasteiger partial charge in [0.05, 0.1) is 11.3 Å². The molecule has 0 amide bonds. The molecular formula is C14H10N2O2. The Kier molecular flexibility index (Phi) is 2.34. The molecule has 0 saturated heterocycles. The van der Waals surface area contributed by atoms with Crippen LogP contribution in [0.2, 0.25) is 0 Å². The summed E-state index contributed by atoms with van der Waals surface area (Å²) in [4.78, 5) is 18.3. The maximum absolute atomic E-state index is 11.0. The van der Waals surface area contributed by atoms with Crippen molar-refractivity contribution in [2.45, 2.75) is 0 Å². The molecule has 0 aliphatic carbocycles. The second-order valence-corrected chi connectivity index (χ2v) is 3.98. The number of hydrogen-bond donors (Lipinski definition) is 2. The summed E-state index contributed by atoms with van der Waals surface area (Å²) < 4.78 is 0. The minimum Gasteiger partial charge on any atom is -0.478 e. The van der Waals surface area contributed by atoms with Crippen molar-refractivity contribution in [2.75, 3.05) is 0 Å². The maximum Gasteiger partial charge on any atom is 0.335 e. The van der Waals surface area contributed by atoms with Crippen LogP contribution in [0, 0.1) is 0 Å². The van der Waals surface area contributed by atoms with E-state index in [0.717, 1.165) is 16.5 Å². The summed E-state index contributed by atoms with van der Waals surface area (Å²) in [5.41, 5.74) is 2.82. The molecule has 0 fully saturated rings. The highest BCUT2D eigenvalue weighted by atomic mass is 16.4. The fraction of sp³-hybridized carbons (Fsp3) is 0. The van der Waals surface area contributed by atoms with Crippen molar-refractivity contribution < 1.29 is 9.90 Å². The molecule has 0 unspecified atom stereocenters. The normalized spacial score (nSPS) is 10.7. The van der Waals surface area contributed by atoms with Crippen molar-refractivity contribution in [3.63, 3.8) is 0 Å². The second kappa shape index (κ2) is 4.00. The van der Waals surface area contributed by atoms with Crippen LogP contribution in [0.5, 0.6) is 0 Å². The Morgan fingerprint density at radius 1 is 1.22 bits per heavy atom. The summed E-state index contributed by atoms with van der Waals surface area (Å²) in [6.07, 6.45) is 3.36. The summed E-state index contributed by atoms with van der Waals surface area (Å²) in [6, 6.07) is 10.9. The van der Waals surface area contributed by atoms with E-state index in [4.69, 9.17) is 5.11 Å². The number of aromatic nitrogens is 2. The average Bonchev–Trinajstić information content (AvgIpc) is 2.82. The monoisotopic (exact) mass is 238 g/mol. The van der Waals surface area contributed by atoms with Crippen LogP contribution in [0.15, 0.2) is 48.8 Å². The van der Waals surface area contributed by atoms with Gasteiger partial charge in [-0.1, -0.05) is 18.2 Å². The van der Waals surface area contributed by atoms with Crippen LogP contribution in [0.3, 0.4) is 0 Å². The minimum absolute atomic E-state index is 0.241. The van der Waals surface area contributed by atoms with Crippen molar-refractivity contribution in [1.82, 2.24) is 9.97 Å². The van der Waals surface area contributed by atoms with E-state index < -0.39 is 5.97 Å². The molecule has 2 N–H and O–H groups in total. The van der Waals surface area contributed by atoms with Crippen molar-refractivity contribution in [1.29, 1.82) is 0 Å². The number of carboxylic acid groups (broad SMARTS) is 1. The number of hydrogen-bond acceptors (Lipinski definition) is 2. The first-order valence-corrected chi connectivity index (χ1v) is 5.51. The van der Waals surface area contributed by atoms with Gasteiger partial charge in [-0.2, -0.15) is 0 Å². The van der Waals surface area contributed by atoms with Gasteiger partial charge in [0.15, 0.2) is 0 Å². The molecule has 4 heteroatoms. The van der Waals surface area contributed by atoms with E-state index in [0.29, 0.717) is 5.69 Å². The number of carbonyl (C=O) groups is 1. The van der Waals surface area contributed by atoms with Crippen LogP contribution in [-0.4, -0.2) is 21.0 Å². The molecule has 2 aromatic heterocycles. The summed E-state index contributed by atoms with van der Waals surface area (Å²) in [6.45, 7) is 0. The van der Waals surface area contributed by atoms with Crippen molar-refractivity contribution >= 4 is 16.9 Å². The van der Waals surface area contributed by atoms with Gasteiger partial charge >= 0.3 is 5.97 Å². The van der Waals surface area contributed by atoms with E-state index in [1.807, 2.05) is 30.5 Å². The number of rotatable bonds is 2. The third-order valence-electron chi connectivity index (χ3n) is 2.87. The lowest BCUT2D eigenvalue weighted by atomic mass is 10.1. The SMILES string of the molecule is O=C(O)c1ccnc(-c2c[nH]c3ccccc23)c1. The number of para-hydroxylation sites is 1. The highest BCUT2D eigenvalue weighted by Gasteiger charge is 2.09. The number of nitrogens with zero attached hydrogens (tertiary/aromatic N) is 1. The Labute approximate surface area is 103 Å². The van der Waals surface area contributed by atoms with E-state index in [9.17, 15) is 4.79 Å². The molecule has 4 nitrogen and oxygen atoms in total. The van der Waals surface area contributed by atoms with Gasteiger partial charge in [-0.3, -0.25) is 4.98 Å². The number of carboxylic acids is 1. The quantitative estimate of drug-likeness (QED) is 0.721. The first-order valence-electron chi connectivity index (χ1n) is 5.51. The van der Waals surface area contributed by atoms with Crippen LogP contribution in [-0.2, 0) is 0 Å². The number of fused-ring (bicyclic) bond motifs is 1. The van der Waals surface area contributed by atoms with E-state index in [2.05, 4.69) is 9.97 Å². The fourth-order valence-corrected chi connectivity index (χ4v) is 1.99. The number of aromatic amines is 1. The number of H-pyrrole nitrogens is 1. The lowest BCUT2D eigenvalue weighted by Gasteiger charge is -2.00. The molecule has 3 rings (SSSR count). The lowest BCUT2D eigenvalue weighted by Crippen LogP contribution is -1.96. The molecule has 0 bridgehead atoms. The molecule has 0 spiro atoms. The second-order valence-electron chi connectivity index (χ2n) is 3.98.